The Hall–Kier alpha value is -2.42. The van der Waals surface area contributed by atoms with Gasteiger partial charge >= 0.3 is 0 Å². The second-order valence-corrected chi connectivity index (χ2v) is 3.63. The van der Waals surface area contributed by atoms with E-state index in [1.165, 1.54) is 0 Å². The van der Waals surface area contributed by atoms with Gasteiger partial charge in [-0.2, -0.15) is 0 Å². The zero-order chi connectivity index (χ0) is 11.5. The second-order valence-electron chi connectivity index (χ2n) is 3.63. The molecule has 0 saturated carbocycles. The Balaban J connectivity index is 1.92. The highest BCUT2D eigenvalue weighted by Gasteiger charge is 2.00. The first-order valence-corrected chi connectivity index (χ1v) is 5.35. The smallest absolute Gasteiger partial charge is 0.220 e. The van der Waals surface area contributed by atoms with E-state index in [-0.39, 0.29) is 0 Å². The predicted octanol–water partition coefficient (Wildman–Crippen LogP) is 3.39. The SMILES string of the molecule is C(=Cc1nc2ccccc2o1)c1ccncc1. The van der Waals surface area contributed by atoms with Crippen LogP contribution in [0.3, 0.4) is 0 Å². The van der Waals surface area contributed by atoms with Gasteiger partial charge in [0.15, 0.2) is 5.58 Å². The lowest BCUT2D eigenvalue weighted by molar-refractivity contribution is 0.590. The summed E-state index contributed by atoms with van der Waals surface area (Å²) in [5.74, 6) is 0.614. The highest BCUT2D eigenvalue weighted by atomic mass is 16.3. The predicted molar refractivity (Wildman–Crippen MR) is 67.2 cm³/mol. The zero-order valence-electron chi connectivity index (χ0n) is 9.08. The minimum Gasteiger partial charge on any atom is -0.437 e. The second kappa shape index (κ2) is 4.22. The molecule has 0 atom stereocenters. The van der Waals surface area contributed by atoms with E-state index in [2.05, 4.69) is 9.97 Å². The Labute approximate surface area is 98.4 Å². The maximum absolute atomic E-state index is 5.58. The standard InChI is InChI=1S/C14H10N2O/c1-2-4-13-12(3-1)16-14(17-13)6-5-11-7-9-15-10-8-11/h1-10H. The van der Waals surface area contributed by atoms with Gasteiger partial charge in [0.05, 0.1) is 0 Å². The maximum Gasteiger partial charge on any atom is 0.220 e. The Kier molecular flexibility index (Phi) is 2.43. The van der Waals surface area contributed by atoms with Crippen molar-refractivity contribution in [3.8, 4) is 0 Å². The van der Waals surface area contributed by atoms with Crippen LogP contribution in [0.25, 0.3) is 23.3 Å². The summed E-state index contributed by atoms with van der Waals surface area (Å²) in [6, 6.07) is 11.6. The van der Waals surface area contributed by atoms with Gasteiger partial charge in [-0.1, -0.05) is 12.1 Å². The van der Waals surface area contributed by atoms with E-state index in [9.17, 15) is 0 Å². The first kappa shape index (κ1) is 9.78. The summed E-state index contributed by atoms with van der Waals surface area (Å²) in [5.41, 5.74) is 2.76. The lowest BCUT2D eigenvalue weighted by atomic mass is 10.2. The molecule has 0 amide bonds. The van der Waals surface area contributed by atoms with Gasteiger partial charge in [0.2, 0.25) is 5.89 Å². The van der Waals surface area contributed by atoms with Crippen molar-refractivity contribution in [2.24, 2.45) is 0 Å². The van der Waals surface area contributed by atoms with E-state index in [1.807, 2.05) is 48.6 Å². The third-order valence-corrected chi connectivity index (χ3v) is 2.43. The summed E-state index contributed by atoms with van der Waals surface area (Å²) >= 11 is 0. The van der Waals surface area contributed by atoms with Crippen LogP contribution in [0.15, 0.2) is 53.2 Å². The number of oxazole rings is 1. The molecule has 3 aromatic rings. The van der Waals surface area contributed by atoms with Crippen LogP contribution >= 0.6 is 0 Å². The number of aromatic nitrogens is 2. The summed E-state index contributed by atoms with van der Waals surface area (Å²) in [7, 11) is 0. The van der Waals surface area contributed by atoms with E-state index < -0.39 is 0 Å². The number of rotatable bonds is 2. The average Bonchev–Trinajstić information content (AvgIpc) is 2.80. The highest BCUT2D eigenvalue weighted by molar-refractivity contribution is 5.75. The Morgan fingerprint density at radius 2 is 1.76 bits per heavy atom. The van der Waals surface area contributed by atoms with Crippen molar-refractivity contribution in [3.05, 3.63) is 60.2 Å². The third kappa shape index (κ3) is 2.08. The highest BCUT2D eigenvalue weighted by Crippen LogP contribution is 2.16. The van der Waals surface area contributed by atoms with Crippen molar-refractivity contribution in [2.75, 3.05) is 0 Å². The normalized spacial score (nSPS) is 11.3. The summed E-state index contributed by atoms with van der Waals surface area (Å²) in [6.45, 7) is 0. The van der Waals surface area contributed by atoms with Gasteiger partial charge in [-0.25, -0.2) is 4.98 Å². The number of nitrogens with zero attached hydrogens (tertiary/aromatic N) is 2. The van der Waals surface area contributed by atoms with Crippen molar-refractivity contribution in [1.82, 2.24) is 9.97 Å². The average molecular weight is 222 g/mol. The number of para-hydroxylation sites is 2. The molecule has 0 radical (unpaired) electrons. The zero-order valence-corrected chi connectivity index (χ0v) is 9.08. The fourth-order valence-corrected chi connectivity index (χ4v) is 1.60. The minimum atomic E-state index is 0.614. The van der Waals surface area contributed by atoms with Crippen molar-refractivity contribution in [1.29, 1.82) is 0 Å². The molecule has 2 heterocycles. The number of pyridine rings is 1. The number of fused-ring (bicyclic) bond motifs is 1. The van der Waals surface area contributed by atoms with Crippen LogP contribution in [0.4, 0.5) is 0 Å². The van der Waals surface area contributed by atoms with Gasteiger partial charge in [-0.15, -0.1) is 0 Å². The molecule has 0 fully saturated rings. The lowest BCUT2D eigenvalue weighted by Crippen LogP contribution is -1.73. The fourth-order valence-electron chi connectivity index (χ4n) is 1.60. The van der Waals surface area contributed by atoms with Crippen molar-refractivity contribution in [3.63, 3.8) is 0 Å². The molecule has 3 nitrogen and oxygen atoms in total. The van der Waals surface area contributed by atoms with Gasteiger partial charge in [0.25, 0.3) is 0 Å². The van der Waals surface area contributed by atoms with Crippen molar-refractivity contribution in [2.45, 2.75) is 0 Å². The van der Waals surface area contributed by atoms with E-state index >= 15 is 0 Å². The van der Waals surface area contributed by atoms with Gasteiger partial charge in [-0.05, 0) is 35.9 Å². The van der Waals surface area contributed by atoms with Gasteiger partial charge in [-0.3, -0.25) is 4.98 Å². The molecule has 0 saturated heterocycles. The molecule has 3 rings (SSSR count). The van der Waals surface area contributed by atoms with Crippen LogP contribution in [0.5, 0.6) is 0 Å². The van der Waals surface area contributed by atoms with Crippen LogP contribution < -0.4 is 0 Å². The molecule has 0 aliphatic carbocycles. The molecule has 0 aliphatic rings. The number of hydrogen-bond donors (Lipinski definition) is 0. The molecule has 82 valence electrons. The minimum absolute atomic E-state index is 0.614. The van der Waals surface area contributed by atoms with E-state index in [4.69, 9.17) is 4.42 Å². The van der Waals surface area contributed by atoms with Gasteiger partial charge in [0, 0.05) is 18.5 Å². The molecule has 17 heavy (non-hydrogen) atoms. The monoisotopic (exact) mass is 222 g/mol. The van der Waals surface area contributed by atoms with Gasteiger partial charge in [0.1, 0.15) is 5.52 Å². The summed E-state index contributed by atoms with van der Waals surface area (Å²) in [6.07, 6.45) is 7.32. The van der Waals surface area contributed by atoms with Crippen LogP contribution in [0, 0.1) is 0 Å². The number of hydrogen-bond acceptors (Lipinski definition) is 3. The first-order valence-electron chi connectivity index (χ1n) is 5.35. The Morgan fingerprint density at radius 3 is 2.59 bits per heavy atom. The first-order chi connectivity index (χ1) is 8.42. The number of benzene rings is 1. The lowest BCUT2D eigenvalue weighted by Gasteiger charge is -1.88. The van der Waals surface area contributed by atoms with Crippen LogP contribution in [0.1, 0.15) is 11.5 Å². The van der Waals surface area contributed by atoms with Crippen LogP contribution in [0.2, 0.25) is 0 Å². The quantitative estimate of drug-likeness (QED) is 0.667. The van der Waals surface area contributed by atoms with E-state index in [0.717, 1.165) is 16.7 Å². The molecule has 0 unspecified atom stereocenters. The summed E-state index contributed by atoms with van der Waals surface area (Å²) in [5, 5.41) is 0. The van der Waals surface area contributed by atoms with E-state index in [1.54, 1.807) is 12.4 Å². The molecular weight excluding hydrogens is 212 g/mol. The summed E-state index contributed by atoms with van der Waals surface area (Å²) < 4.78 is 5.58. The Bertz CT molecular complexity index is 623. The molecule has 2 aromatic heterocycles. The Morgan fingerprint density at radius 1 is 0.941 bits per heavy atom. The fraction of sp³-hybridized carbons (Fsp3) is 0. The van der Waals surface area contributed by atoms with E-state index in [0.29, 0.717) is 5.89 Å². The van der Waals surface area contributed by atoms with Crippen LogP contribution in [-0.4, -0.2) is 9.97 Å². The molecule has 0 aliphatic heterocycles. The van der Waals surface area contributed by atoms with Crippen molar-refractivity contribution < 1.29 is 4.42 Å². The molecule has 0 spiro atoms. The molecule has 0 bridgehead atoms. The summed E-state index contributed by atoms with van der Waals surface area (Å²) in [4.78, 5) is 8.32. The molecular formula is C14H10N2O. The van der Waals surface area contributed by atoms with Gasteiger partial charge < -0.3 is 4.42 Å². The topological polar surface area (TPSA) is 38.9 Å². The van der Waals surface area contributed by atoms with Crippen molar-refractivity contribution >= 4 is 23.3 Å². The molecule has 1 aromatic carbocycles. The molecule has 3 heteroatoms. The maximum atomic E-state index is 5.58. The van der Waals surface area contributed by atoms with Crippen LogP contribution in [-0.2, 0) is 0 Å². The largest absolute Gasteiger partial charge is 0.437 e. The molecule has 0 N–H and O–H groups in total. The third-order valence-electron chi connectivity index (χ3n) is 2.43.